The van der Waals surface area contributed by atoms with Crippen molar-refractivity contribution in [1.82, 2.24) is 9.88 Å². The van der Waals surface area contributed by atoms with Gasteiger partial charge in [0.1, 0.15) is 0 Å². The molecule has 0 radical (unpaired) electrons. The third kappa shape index (κ3) is 4.16. The summed E-state index contributed by atoms with van der Waals surface area (Å²) >= 11 is 0. The van der Waals surface area contributed by atoms with Gasteiger partial charge >= 0.3 is 0 Å². The van der Waals surface area contributed by atoms with Crippen molar-refractivity contribution in [3.63, 3.8) is 0 Å². The highest BCUT2D eigenvalue weighted by atomic mass is 16.3. The molecule has 1 saturated carbocycles. The molecule has 4 N–H and O–H groups in total. The van der Waals surface area contributed by atoms with Gasteiger partial charge in [-0.05, 0) is 25.0 Å². The van der Waals surface area contributed by atoms with Crippen LogP contribution in [0.4, 0.5) is 5.69 Å². The van der Waals surface area contributed by atoms with Gasteiger partial charge in [0, 0.05) is 25.3 Å². The highest BCUT2D eigenvalue weighted by Gasteiger charge is 2.21. The molecule has 0 aromatic carbocycles. The summed E-state index contributed by atoms with van der Waals surface area (Å²) in [6, 6.07) is 4.39. The van der Waals surface area contributed by atoms with Gasteiger partial charge in [-0.3, -0.25) is 15.7 Å². The van der Waals surface area contributed by atoms with E-state index in [-0.39, 0.29) is 6.61 Å². The van der Waals surface area contributed by atoms with Crippen LogP contribution in [-0.4, -0.2) is 34.2 Å². The minimum absolute atomic E-state index is 0.200. The fraction of sp³-hybridized carbons (Fsp3) is 0.643. The number of hydrogen-bond donors (Lipinski definition) is 3. The average Bonchev–Trinajstić information content (AvgIpc) is 2.48. The molecule has 1 heterocycles. The van der Waals surface area contributed by atoms with Crippen LogP contribution in [0.15, 0.2) is 18.3 Å². The number of aliphatic hydroxyl groups is 1. The summed E-state index contributed by atoms with van der Waals surface area (Å²) in [4.78, 5) is 6.73. The van der Waals surface area contributed by atoms with Gasteiger partial charge in [-0.2, -0.15) is 0 Å². The van der Waals surface area contributed by atoms with E-state index in [4.69, 9.17) is 5.84 Å². The first-order chi connectivity index (χ1) is 9.33. The van der Waals surface area contributed by atoms with Gasteiger partial charge in [0.15, 0.2) is 0 Å². The van der Waals surface area contributed by atoms with Gasteiger partial charge in [0.05, 0.1) is 18.0 Å². The Labute approximate surface area is 114 Å². The molecule has 19 heavy (non-hydrogen) atoms. The van der Waals surface area contributed by atoms with Crippen LogP contribution in [0.3, 0.4) is 0 Å². The smallest absolute Gasteiger partial charge is 0.0565 e. The van der Waals surface area contributed by atoms with E-state index >= 15 is 0 Å². The van der Waals surface area contributed by atoms with Crippen LogP contribution in [0.5, 0.6) is 0 Å². The second kappa shape index (κ2) is 7.43. The number of nitrogen functional groups attached to an aromatic ring is 1. The molecule has 106 valence electrons. The van der Waals surface area contributed by atoms with Gasteiger partial charge < -0.3 is 10.5 Å². The lowest BCUT2D eigenvalue weighted by Gasteiger charge is -2.33. The van der Waals surface area contributed by atoms with E-state index in [9.17, 15) is 5.11 Å². The minimum Gasteiger partial charge on any atom is -0.395 e. The van der Waals surface area contributed by atoms with Gasteiger partial charge in [-0.25, -0.2) is 0 Å². The highest BCUT2D eigenvalue weighted by molar-refractivity contribution is 5.41. The quantitative estimate of drug-likeness (QED) is 0.536. The lowest BCUT2D eigenvalue weighted by molar-refractivity contribution is 0.116. The second-order valence-corrected chi connectivity index (χ2v) is 5.17. The van der Waals surface area contributed by atoms with Gasteiger partial charge in [-0.1, -0.05) is 19.3 Å². The van der Waals surface area contributed by atoms with Crippen LogP contribution in [-0.2, 0) is 6.54 Å². The zero-order valence-electron chi connectivity index (χ0n) is 11.4. The molecule has 1 aromatic heterocycles. The number of aromatic nitrogens is 1. The van der Waals surface area contributed by atoms with E-state index in [0.29, 0.717) is 12.6 Å². The zero-order chi connectivity index (χ0) is 13.5. The maximum atomic E-state index is 9.25. The molecular formula is C14H24N4O. The van der Waals surface area contributed by atoms with Gasteiger partial charge in [0.25, 0.3) is 0 Å². The standard InChI is InChI=1S/C14H24N4O/c15-17-12-6-7-16-13(10-12)11-18(8-9-19)14-4-2-1-3-5-14/h6-7,10,14,19H,1-5,8-9,11,15H2,(H,16,17). The number of hydrazine groups is 1. The first-order valence-corrected chi connectivity index (χ1v) is 7.10. The predicted molar refractivity (Wildman–Crippen MR) is 76.4 cm³/mol. The number of aliphatic hydroxyl groups excluding tert-OH is 1. The van der Waals surface area contributed by atoms with Gasteiger partial charge in [0.2, 0.25) is 0 Å². The predicted octanol–water partition coefficient (Wildman–Crippen LogP) is 1.49. The Morgan fingerprint density at radius 1 is 1.37 bits per heavy atom. The van der Waals surface area contributed by atoms with E-state index in [1.165, 1.54) is 32.1 Å². The van der Waals surface area contributed by atoms with Crippen LogP contribution >= 0.6 is 0 Å². The van der Waals surface area contributed by atoms with Crippen LogP contribution in [0, 0.1) is 0 Å². The topological polar surface area (TPSA) is 74.4 Å². The largest absolute Gasteiger partial charge is 0.395 e. The summed E-state index contributed by atoms with van der Waals surface area (Å²) in [6.45, 7) is 1.69. The van der Waals surface area contributed by atoms with Crippen molar-refractivity contribution in [3.8, 4) is 0 Å². The van der Waals surface area contributed by atoms with E-state index in [2.05, 4.69) is 15.3 Å². The summed E-state index contributed by atoms with van der Waals surface area (Å²) in [5.74, 6) is 5.42. The molecule has 0 atom stereocenters. The van der Waals surface area contributed by atoms with Crippen molar-refractivity contribution in [2.45, 2.75) is 44.7 Å². The Bertz CT molecular complexity index is 379. The number of hydrogen-bond acceptors (Lipinski definition) is 5. The number of nitrogens with two attached hydrogens (primary N) is 1. The number of rotatable bonds is 6. The number of pyridine rings is 1. The van der Waals surface area contributed by atoms with Gasteiger partial charge in [-0.15, -0.1) is 0 Å². The fourth-order valence-electron chi connectivity index (χ4n) is 2.83. The lowest BCUT2D eigenvalue weighted by atomic mass is 9.94. The van der Waals surface area contributed by atoms with E-state index in [1.807, 2.05) is 12.1 Å². The Kier molecular flexibility index (Phi) is 5.57. The van der Waals surface area contributed by atoms with Crippen molar-refractivity contribution < 1.29 is 5.11 Å². The summed E-state index contributed by atoms with van der Waals surface area (Å²) < 4.78 is 0. The van der Waals surface area contributed by atoms with Crippen LogP contribution in [0.1, 0.15) is 37.8 Å². The van der Waals surface area contributed by atoms with E-state index < -0.39 is 0 Å². The number of nitrogens with one attached hydrogen (secondary N) is 1. The normalized spacial score (nSPS) is 16.8. The van der Waals surface area contributed by atoms with Crippen LogP contribution in [0.2, 0.25) is 0 Å². The van der Waals surface area contributed by atoms with Crippen molar-refractivity contribution in [2.75, 3.05) is 18.6 Å². The molecule has 0 amide bonds. The van der Waals surface area contributed by atoms with Crippen molar-refractivity contribution >= 4 is 5.69 Å². The SMILES string of the molecule is NNc1ccnc(CN(CCO)C2CCCCC2)c1. The summed E-state index contributed by atoms with van der Waals surface area (Å²) in [5, 5.41) is 9.25. The number of anilines is 1. The number of nitrogens with zero attached hydrogens (tertiary/aromatic N) is 2. The molecule has 5 nitrogen and oxygen atoms in total. The van der Waals surface area contributed by atoms with E-state index in [0.717, 1.165) is 17.9 Å². The third-order valence-electron chi connectivity index (χ3n) is 3.83. The van der Waals surface area contributed by atoms with Crippen molar-refractivity contribution in [3.05, 3.63) is 24.0 Å². The van der Waals surface area contributed by atoms with Crippen LogP contribution in [0.25, 0.3) is 0 Å². The Morgan fingerprint density at radius 3 is 2.84 bits per heavy atom. The first kappa shape index (κ1) is 14.2. The summed E-state index contributed by atoms with van der Waals surface area (Å²) in [6.07, 6.45) is 8.16. The monoisotopic (exact) mass is 264 g/mol. The Balaban J connectivity index is 2.01. The summed E-state index contributed by atoms with van der Waals surface area (Å²) in [5.41, 5.74) is 4.51. The molecule has 0 aliphatic heterocycles. The summed E-state index contributed by atoms with van der Waals surface area (Å²) in [7, 11) is 0. The molecule has 1 fully saturated rings. The fourth-order valence-corrected chi connectivity index (χ4v) is 2.83. The van der Waals surface area contributed by atoms with Crippen molar-refractivity contribution in [2.24, 2.45) is 5.84 Å². The lowest BCUT2D eigenvalue weighted by Crippen LogP contribution is -2.38. The van der Waals surface area contributed by atoms with Crippen LogP contribution < -0.4 is 11.3 Å². The molecule has 0 spiro atoms. The molecule has 1 aliphatic rings. The molecule has 5 heteroatoms. The molecule has 2 rings (SSSR count). The first-order valence-electron chi connectivity index (χ1n) is 7.10. The van der Waals surface area contributed by atoms with E-state index in [1.54, 1.807) is 6.20 Å². The molecular weight excluding hydrogens is 240 g/mol. The van der Waals surface area contributed by atoms with Crippen molar-refractivity contribution in [1.29, 1.82) is 0 Å². The maximum Gasteiger partial charge on any atom is 0.0565 e. The highest BCUT2D eigenvalue weighted by Crippen LogP contribution is 2.23. The average molecular weight is 264 g/mol. The molecule has 0 unspecified atom stereocenters. The minimum atomic E-state index is 0.200. The third-order valence-corrected chi connectivity index (χ3v) is 3.83. The maximum absolute atomic E-state index is 9.25. The molecule has 1 aromatic rings. The second-order valence-electron chi connectivity index (χ2n) is 5.17. The zero-order valence-corrected chi connectivity index (χ0v) is 11.4. The Morgan fingerprint density at radius 2 is 2.16 bits per heavy atom. The Hall–Kier alpha value is -1.17. The molecule has 1 aliphatic carbocycles. The molecule has 0 saturated heterocycles. The molecule has 0 bridgehead atoms.